The van der Waals surface area contributed by atoms with E-state index in [4.69, 9.17) is 26.3 Å². The predicted molar refractivity (Wildman–Crippen MR) is 160 cm³/mol. The maximum Gasteiger partial charge on any atom is 0.320 e. The molecule has 0 N–H and O–H groups in total. The van der Waals surface area contributed by atoms with Crippen LogP contribution in [0, 0.1) is 12.5 Å². The number of rotatable bonds is 7. The van der Waals surface area contributed by atoms with Gasteiger partial charge < -0.3 is 24.3 Å². The molecule has 2 fully saturated rings. The van der Waals surface area contributed by atoms with E-state index < -0.39 is 0 Å². The molecule has 41 heavy (non-hydrogen) atoms. The van der Waals surface area contributed by atoms with Crippen molar-refractivity contribution in [1.82, 2.24) is 24.8 Å². The number of hydrogen-bond acceptors (Lipinski definition) is 7. The number of ether oxygens (including phenoxy) is 1. The van der Waals surface area contributed by atoms with E-state index in [1.165, 1.54) is 17.2 Å². The van der Waals surface area contributed by atoms with Gasteiger partial charge in [-0.1, -0.05) is 31.7 Å². The van der Waals surface area contributed by atoms with Gasteiger partial charge in [0.2, 0.25) is 12.5 Å². The van der Waals surface area contributed by atoms with E-state index >= 15 is 0 Å². The quantitative estimate of drug-likeness (QED) is 0.324. The number of fused-ring (bicyclic) bond motifs is 2. The lowest BCUT2D eigenvalue weighted by Gasteiger charge is -2.39. The smallest absolute Gasteiger partial charge is 0.320 e. The lowest BCUT2D eigenvalue weighted by atomic mass is 10.00. The second kappa shape index (κ2) is 11.5. The van der Waals surface area contributed by atoms with Gasteiger partial charge in [-0.2, -0.15) is 9.97 Å². The average Bonchev–Trinajstić information content (AvgIpc) is 3.58. The number of benzene rings is 1. The van der Waals surface area contributed by atoms with Crippen LogP contribution in [0.3, 0.4) is 0 Å². The van der Waals surface area contributed by atoms with Crippen LogP contribution in [-0.2, 0) is 17.6 Å². The van der Waals surface area contributed by atoms with Crippen molar-refractivity contribution in [3.05, 3.63) is 65.5 Å². The van der Waals surface area contributed by atoms with Gasteiger partial charge in [0.15, 0.2) is 5.65 Å². The molecular formula is C32H37N7O2. The number of piperazine rings is 1. The van der Waals surface area contributed by atoms with E-state index in [9.17, 15) is 4.79 Å². The first kappa shape index (κ1) is 27.2. The zero-order chi connectivity index (χ0) is 28.5. The van der Waals surface area contributed by atoms with Gasteiger partial charge in [-0.05, 0) is 74.5 Å². The number of carbonyl (C=O) groups excluding carboxylic acids is 1. The van der Waals surface area contributed by atoms with E-state index in [0.717, 1.165) is 54.7 Å². The summed E-state index contributed by atoms with van der Waals surface area (Å²) in [6.07, 6.45) is 5.73. The third kappa shape index (κ3) is 5.36. The molecule has 3 aromatic rings. The fourth-order valence-electron chi connectivity index (χ4n) is 6.61. The van der Waals surface area contributed by atoms with Crippen molar-refractivity contribution in [2.45, 2.75) is 44.7 Å². The zero-order valence-corrected chi connectivity index (χ0v) is 23.9. The maximum absolute atomic E-state index is 12.5. The second-order valence-corrected chi connectivity index (χ2v) is 11.6. The highest BCUT2D eigenvalue weighted by atomic mass is 16.5. The number of anilines is 1. The molecule has 0 saturated carbocycles. The van der Waals surface area contributed by atoms with Crippen LogP contribution < -0.4 is 9.64 Å². The summed E-state index contributed by atoms with van der Waals surface area (Å²) in [5.41, 5.74) is 5.45. The molecule has 2 aromatic heterocycles. The molecule has 2 aliphatic heterocycles. The molecule has 1 amide bonds. The number of aromatic nitrogens is 3. The molecule has 1 unspecified atom stereocenters. The van der Waals surface area contributed by atoms with Crippen LogP contribution >= 0.6 is 0 Å². The first-order chi connectivity index (χ1) is 19.9. The van der Waals surface area contributed by atoms with E-state index in [2.05, 4.69) is 65.5 Å². The van der Waals surface area contributed by atoms with Gasteiger partial charge in [-0.15, -0.1) is 0 Å². The topological polar surface area (TPSA) is 79.1 Å². The monoisotopic (exact) mass is 551 g/mol. The van der Waals surface area contributed by atoms with Crippen LogP contribution in [0.5, 0.6) is 6.01 Å². The normalized spacial score (nSPS) is 22.5. The van der Waals surface area contributed by atoms with E-state index in [1.807, 2.05) is 0 Å². The molecule has 2 saturated heterocycles. The average molecular weight is 552 g/mol. The van der Waals surface area contributed by atoms with Gasteiger partial charge >= 0.3 is 6.01 Å². The SMILES string of the molecule is [C-]#[N+]C[C@H]1CN(c2nc(OC[C@@H]3CCCN3C)nc3nc(-c4cccc5c4CC(C)C5)ccc23)CCN1C(=O)C=C. The van der Waals surface area contributed by atoms with E-state index in [0.29, 0.717) is 49.9 Å². The second-order valence-electron chi connectivity index (χ2n) is 11.6. The van der Waals surface area contributed by atoms with Crippen LogP contribution in [-0.4, -0.2) is 89.1 Å². The highest BCUT2D eigenvalue weighted by Crippen LogP contribution is 2.36. The summed E-state index contributed by atoms with van der Waals surface area (Å²) in [4.78, 5) is 37.1. The fraction of sp³-hybridized carbons (Fsp3) is 0.469. The minimum Gasteiger partial charge on any atom is -0.462 e. The summed E-state index contributed by atoms with van der Waals surface area (Å²) in [7, 11) is 2.13. The fourth-order valence-corrected chi connectivity index (χ4v) is 6.61. The zero-order valence-electron chi connectivity index (χ0n) is 23.9. The van der Waals surface area contributed by atoms with Crippen LogP contribution in [0.1, 0.15) is 30.9 Å². The Balaban J connectivity index is 1.38. The Kier molecular flexibility index (Phi) is 7.59. The van der Waals surface area contributed by atoms with Gasteiger partial charge in [0.1, 0.15) is 18.5 Å². The lowest BCUT2D eigenvalue weighted by Crippen LogP contribution is -2.56. The van der Waals surface area contributed by atoms with Gasteiger partial charge in [-0.25, -0.2) is 11.6 Å². The number of carbonyl (C=O) groups is 1. The van der Waals surface area contributed by atoms with E-state index in [1.54, 1.807) is 4.90 Å². The molecule has 1 aliphatic carbocycles. The molecule has 1 aromatic carbocycles. The Bertz CT molecular complexity index is 1520. The summed E-state index contributed by atoms with van der Waals surface area (Å²) in [5, 5.41) is 0.838. The van der Waals surface area contributed by atoms with Gasteiger partial charge in [0, 0.05) is 31.2 Å². The third-order valence-corrected chi connectivity index (χ3v) is 8.81. The highest BCUT2D eigenvalue weighted by molar-refractivity contribution is 5.90. The summed E-state index contributed by atoms with van der Waals surface area (Å²) in [6, 6.07) is 11.0. The molecular weight excluding hydrogens is 514 g/mol. The Morgan fingerprint density at radius 2 is 2.02 bits per heavy atom. The Hall–Kier alpha value is -4.03. The van der Waals surface area contributed by atoms with Crippen LogP contribution in [0.4, 0.5) is 5.82 Å². The number of hydrogen-bond donors (Lipinski definition) is 0. The van der Waals surface area contributed by atoms with Crippen molar-refractivity contribution in [2.75, 3.05) is 51.3 Å². The van der Waals surface area contributed by atoms with Crippen molar-refractivity contribution in [3.8, 4) is 17.3 Å². The largest absolute Gasteiger partial charge is 0.462 e. The molecule has 3 aliphatic rings. The Morgan fingerprint density at radius 3 is 2.80 bits per heavy atom. The highest BCUT2D eigenvalue weighted by Gasteiger charge is 2.33. The number of amides is 1. The predicted octanol–water partition coefficient (Wildman–Crippen LogP) is 4.02. The van der Waals surface area contributed by atoms with Gasteiger partial charge in [0.05, 0.1) is 11.1 Å². The van der Waals surface area contributed by atoms with E-state index in [-0.39, 0.29) is 18.5 Å². The first-order valence-corrected chi connectivity index (χ1v) is 14.6. The molecule has 0 spiro atoms. The van der Waals surface area contributed by atoms with Gasteiger partial charge in [-0.3, -0.25) is 4.79 Å². The molecule has 9 heteroatoms. The van der Waals surface area contributed by atoms with Crippen molar-refractivity contribution in [2.24, 2.45) is 5.92 Å². The molecule has 3 atom stereocenters. The number of likely N-dealkylation sites (tertiary alicyclic amines) is 1. The molecule has 212 valence electrons. The summed E-state index contributed by atoms with van der Waals surface area (Å²) in [5.74, 6) is 1.22. The first-order valence-electron chi connectivity index (χ1n) is 14.6. The number of pyridine rings is 1. The van der Waals surface area contributed by atoms with Crippen molar-refractivity contribution < 1.29 is 9.53 Å². The van der Waals surface area contributed by atoms with Crippen LogP contribution in [0.15, 0.2) is 43.0 Å². The third-order valence-electron chi connectivity index (χ3n) is 8.81. The molecule has 0 bridgehead atoms. The minimum atomic E-state index is -0.255. The Labute approximate surface area is 241 Å². The molecule has 6 rings (SSSR count). The van der Waals surface area contributed by atoms with Crippen LogP contribution in [0.2, 0.25) is 0 Å². The van der Waals surface area contributed by atoms with Gasteiger partial charge in [0.25, 0.3) is 0 Å². The summed E-state index contributed by atoms with van der Waals surface area (Å²) in [6.45, 7) is 16.8. The molecule has 9 nitrogen and oxygen atoms in total. The molecule has 0 radical (unpaired) electrons. The summed E-state index contributed by atoms with van der Waals surface area (Å²) < 4.78 is 6.23. The van der Waals surface area contributed by atoms with Crippen molar-refractivity contribution in [3.63, 3.8) is 0 Å². The number of likely N-dealkylation sites (N-methyl/N-ethyl adjacent to an activating group) is 1. The molecule has 4 heterocycles. The Morgan fingerprint density at radius 1 is 1.15 bits per heavy atom. The van der Waals surface area contributed by atoms with Crippen LogP contribution in [0.25, 0.3) is 27.1 Å². The maximum atomic E-state index is 12.5. The lowest BCUT2D eigenvalue weighted by molar-refractivity contribution is -0.128. The van der Waals surface area contributed by atoms with Crippen molar-refractivity contribution in [1.29, 1.82) is 0 Å². The number of nitrogens with zero attached hydrogens (tertiary/aromatic N) is 7. The minimum absolute atomic E-state index is 0.147. The standard InChI is InChI=1S/C32H37N7O2/c1-5-29(40)39-15-14-38(19-24(39)18-33-3)31-26-11-12-28(25-10-6-8-22-16-21(2)17-27(22)25)34-30(26)35-32(36-31)41-20-23-9-7-13-37(23)4/h5-6,8,10-12,21,23-24H,1,7,9,13-20H2,2,4H3/t21?,23-,24-/m0/s1. The van der Waals surface area contributed by atoms with Crippen molar-refractivity contribution >= 4 is 22.8 Å². The summed E-state index contributed by atoms with van der Waals surface area (Å²) >= 11 is 0.